The van der Waals surface area contributed by atoms with Gasteiger partial charge in [0.05, 0.1) is 0 Å². The molecule has 2 heteroatoms. The fraction of sp³-hybridized carbons (Fsp3) is 1.00. The van der Waals surface area contributed by atoms with Gasteiger partial charge in [-0.2, -0.15) is 0 Å². The number of nitrogens with zero attached hydrogens (tertiary/aromatic N) is 1. The predicted molar refractivity (Wildman–Crippen MR) is 92.3 cm³/mol. The normalized spacial score (nSPS) is 14.6. The molecule has 0 saturated heterocycles. The molecule has 0 heterocycles. The first-order chi connectivity index (χ1) is 9.11. The summed E-state index contributed by atoms with van der Waals surface area (Å²) in [6.07, 6.45) is 3.87. The molecule has 0 fully saturated rings. The molecule has 0 aliphatic carbocycles. The molecule has 0 amide bonds. The topological polar surface area (TPSA) is 15.3 Å². The fourth-order valence-electron chi connectivity index (χ4n) is 2.24. The standard InChI is InChI=1S/C18H40N2/c1-15(2)10-13-20(14-11-16(3)4)17(5)9-12-19-18(6,7)8/h15-17,19H,9-14H2,1-8H3. The fourth-order valence-corrected chi connectivity index (χ4v) is 2.24. The highest BCUT2D eigenvalue weighted by Gasteiger charge is 2.16. The summed E-state index contributed by atoms with van der Waals surface area (Å²) in [4.78, 5) is 2.70. The van der Waals surface area contributed by atoms with Crippen LogP contribution in [0, 0.1) is 11.8 Å². The maximum Gasteiger partial charge on any atom is 0.00965 e. The highest BCUT2D eigenvalue weighted by Crippen LogP contribution is 2.12. The van der Waals surface area contributed by atoms with Crippen LogP contribution in [0.1, 0.15) is 74.7 Å². The van der Waals surface area contributed by atoms with E-state index in [9.17, 15) is 0 Å². The van der Waals surface area contributed by atoms with E-state index in [1.54, 1.807) is 0 Å². The highest BCUT2D eigenvalue weighted by atomic mass is 15.1. The summed E-state index contributed by atoms with van der Waals surface area (Å²) in [6, 6.07) is 0.683. The summed E-state index contributed by atoms with van der Waals surface area (Å²) >= 11 is 0. The van der Waals surface area contributed by atoms with E-state index >= 15 is 0 Å². The van der Waals surface area contributed by atoms with Crippen LogP contribution in [0.2, 0.25) is 0 Å². The molecule has 0 saturated carbocycles. The van der Waals surface area contributed by atoms with Crippen molar-refractivity contribution < 1.29 is 0 Å². The molecule has 0 rings (SSSR count). The number of hydrogen-bond acceptors (Lipinski definition) is 2. The second-order valence-electron chi connectivity index (χ2n) is 8.22. The largest absolute Gasteiger partial charge is 0.312 e. The SMILES string of the molecule is CC(C)CCN(CCC(C)C)C(C)CCNC(C)(C)C. The van der Waals surface area contributed by atoms with Crippen molar-refractivity contribution in [3.8, 4) is 0 Å². The molecule has 2 nitrogen and oxygen atoms in total. The first-order valence-electron chi connectivity index (χ1n) is 8.61. The minimum absolute atomic E-state index is 0.237. The third-order valence-corrected chi connectivity index (χ3v) is 3.83. The molecule has 0 aromatic rings. The van der Waals surface area contributed by atoms with Crippen molar-refractivity contribution in [2.24, 2.45) is 11.8 Å². The summed E-state index contributed by atoms with van der Waals surface area (Å²) in [7, 11) is 0. The molecule has 20 heavy (non-hydrogen) atoms. The molecule has 122 valence electrons. The van der Waals surface area contributed by atoms with Crippen LogP contribution in [0.15, 0.2) is 0 Å². The van der Waals surface area contributed by atoms with Gasteiger partial charge in [0, 0.05) is 11.6 Å². The molecular formula is C18H40N2. The molecule has 0 radical (unpaired) electrons. The molecule has 0 bridgehead atoms. The molecule has 0 aromatic carbocycles. The van der Waals surface area contributed by atoms with Crippen LogP contribution in [0.4, 0.5) is 0 Å². The Morgan fingerprint density at radius 3 is 1.60 bits per heavy atom. The van der Waals surface area contributed by atoms with E-state index in [2.05, 4.69) is 65.6 Å². The van der Waals surface area contributed by atoms with Crippen molar-refractivity contribution in [1.29, 1.82) is 0 Å². The second-order valence-corrected chi connectivity index (χ2v) is 8.22. The van der Waals surface area contributed by atoms with Gasteiger partial charge in [-0.25, -0.2) is 0 Å². The summed E-state index contributed by atoms with van der Waals surface area (Å²) in [5.41, 5.74) is 0.237. The number of hydrogen-bond donors (Lipinski definition) is 1. The minimum atomic E-state index is 0.237. The zero-order chi connectivity index (χ0) is 15.8. The molecular weight excluding hydrogens is 244 g/mol. The van der Waals surface area contributed by atoms with Crippen molar-refractivity contribution in [2.75, 3.05) is 19.6 Å². The highest BCUT2D eigenvalue weighted by molar-refractivity contribution is 4.74. The summed E-state index contributed by atoms with van der Waals surface area (Å²) in [6.45, 7) is 22.0. The van der Waals surface area contributed by atoms with Crippen molar-refractivity contribution in [1.82, 2.24) is 10.2 Å². The van der Waals surface area contributed by atoms with Crippen molar-refractivity contribution in [2.45, 2.75) is 86.2 Å². The van der Waals surface area contributed by atoms with Gasteiger partial charge in [0.15, 0.2) is 0 Å². The van der Waals surface area contributed by atoms with Gasteiger partial charge in [-0.3, -0.25) is 0 Å². The van der Waals surface area contributed by atoms with Crippen LogP contribution in [-0.4, -0.2) is 36.1 Å². The monoisotopic (exact) mass is 284 g/mol. The lowest BCUT2D eigenvalue weighted by atomic mass is 10.1. The zero-order valence-corrected chi connectivity index (χ0v) is 15.4. The average molecular weight is 285 g/mol. The Hall–Kier alpha value is -0.0800. The summed E-state index contributed by atoms with van der Waals surface area (Å²) < 4.78 is 0. The van der Waals surface area contributed by atoms with Gasteiger partial charge in [-0.15, -0.1) is 0 Å². The Balaban J connectivity index is 4.20. The molecule has 0 aromatic heterocycles. The van der Waals surface area contributed by atoms with Crippen LogP contribution >= 0.6 is 0 Å². The van der Waals surface area contributed by atoms with Crippen LogP contribution in [0.25, 0.3) is 0 Å². The van der Waals surface area contributed by atoms with Gasteiger partial charge in [-0.1, -0.05) is 27.7 Å². The van der Waals surface area contributed by atoms with Crippen LogP contribution < -0.4 is 5.32 Å². The molecule has 1 atom stereocenters. The Kier molecular flexibility index (Phi) is 9.74. The van der Waals surface area contributed by atoms with Crippen molar-refractivity contribution >= 4 is 0 Å². The minimum Gasteiger partial charge on any atom is -0.312 e. The predicted octanol–water partition coefficient (Wildman–Crippen LogP) is 4.55. The lowest BCUT2D eigenvalue weighted by molar-refractivity contribution is 0.176. The van der Waals surface area contributed by atoms with Gasteiger partial charge >= 0.3 is 0 Å². The van der Waals surface area contributed by atoms with Crippen LogP contribution in [0.5, 0.6) is 0 Å². The van der Waals surface area contributed by atoms with Crippen molar-refractivity contribution in [3.63, 3.8) is 0 Å². The Morgan fingerprint density at radius 1 is 0.800 bits per heavy atom. The lowest BCUT2D eigenvalue weighted by Crippen LogP contribution is -2.41. The Morgan fingerprint density at radius 2 is 1.25 bits per heavy atom. The van der Waals surface area contributed by atoms with E-state index in [-0.39, 0.29) is 5.54 Å². The first kappa shape index (κ1) is 19.9. The Bertz CT molecular complexity index is 216. The van der Waals surface area contributed by atoms with E-state index in [1.165, 1.54) is 32.4 Å². The van der Waals surface area contributed by atoms with E-state index in [1.807, 2.05) is 0 Å². The number of rotatable bonds is 10. The third-order valence-electron chi connectivity index (χ3n) is 3.83. The number of nitrogens with one attached hydrogen (secondary N) is 1. The Labute approximate surface area is 128 Å². The van der Waals surface area contributed by atoms with Gasteiger partial charge < -0.3 is 10.2 Å². The smallest absolute Gasteiger partial charge is 0.00965 e. The molecule has 1 unspecified atom stereocenters. The zero-order valence-electron chi connectivity index (χ0n) is 15.4. The summed E-state index contributed by atoms with van der Waals surface area (Å²) in [5.74, 6) is 1.60. The molecule has 0 aliphatic rings. The third kappa shape index (κ3) is 11.7. The first-order valence-corrected chi connectivity index (χ1v) is 8.61. The van der Waals surface area contributed by atoms with Crippen LogP contribution in [-0.2, 0) is 0 Å². The van der Waals surface area contributed by atoms with E-state index in [0.29, 0.717) is 6.04 Å². The second kappa shape index (κ2) is 9.78. The van der Waals surface area contributed by atoms with Crippen LogP contribution in [0.3, 0.4) is 0 Å². The van der Waals surface area contributed by atoms with E-state index < -0.39 is 0 Å². The van der Waals surface area contributed by atoms with Gasteiger partial charge in [0.2, 0.25) is 0 Å². The van der Waals surface area contributed by atoms with Gasteiger partial charge in [0.1, 0.15) is 0 Å². The molecule has 1 N–H and O–H groups in total. The summed E-state index contributed by atoms with van der Waals surface area (Å²) in [5, 5.41) is 3.61. The quantitative estimate of drug-likeness (QED) is 0.633. The van der Waals surface area contributed by atoms with Gasteiger partial charge in [-0.05, 0) is 78.4 Å². The van der Waals surface area contributed by atoms with E-state index in [0.717, 1.165) is 18.4 Å². The molecule has 0 aliphatic heterocycles. The average Bonchev–Trinajstić information content (AvgIpc) is 2.26. The molecule has 0 spiro atoms. The van der Waals surface area contributed by atoms with Crippen molar-refractivity contribution in [3.05, 3.63) is 0 Å². The van der Waals surface area contributed by atoms with Gasteiger partial charge in [0.25, 0.3) is 0 Å². The lowest BCUT2D eigenvalue weighted by Gasteiger charge is -2.31. The maximum absolute atomic E-state index is 3.61. The van der Waals surface area contributed by atoms with E-state index in [4.69, 9.17) is 0 Å². The maximum atomic E-state index is 3.61.